The highest BCUT2D eigenvalue weighted by atomic mass is 127. The van der Waals surface area contributed by atoms with Crippen molar-refractivity contribution < 1.29 is 38.0 Å². The molecule has 0 aromatic heterocycles. The van der Waals surface area contributed by atoms with Gasteiger partial charge in [-0.1, -0.05) is 18.2 Å². The number of ether oxygens (including phenoxy) is 4. The third-order valence-electron chi connectivity index (χ3n) is 6.43. The summed E-state index contributed by atoms with van der Waals surface area (Å²) in [5.74, 6) is 0.473. The molecule has 45 heavy (non-hydrogen) atoms. The lowest BCUT2D eigenvalue weighted by atomic mass is 9.95. The molecular weight excluding hydrogens is 766 g/mol. The molecule has 1 aliphatic heterocycles. The first-order valence-corrected chi connectivity index (χ1v) is 15.6. The fraction of sp³-hybridized carbons (Fsp3) is 0.258. The Hall–Kier alpha value is -3.89. The number of hydrogen-bond donors (Lipinski definition) is 4. The van der Waals surface area contributed by atoms with E-state index in [1.54, 1.807) is 43.5 Å². The number of nitrogens with one attached hydrogen (secondary N) is 3. The molecule has 1 heterocycles. The lowest BCUT2D eigenvalue weighted by molar-refractivity contribution is -0.136. The molecule has 1 aliphatic rings. The van der Waals surface area contributed by atoms with Crippen molar-refractivity contribution >= 4 is 56.7 Å². The third-order valence-corrected chi connectivity index (χ3v) is 7.82. The van der Waals surface area contributed by atoms with E-state index in [1.165, 1.54) is 19.2 Å². The summed E-state index contributed by atoms with van der Waals surface area (Å²) in [6.07, 6.45) is 0.388. The van der Waals surface area contributed by atoms with Gasteiger partial charge < -0.3 is 34.7 Å². The molecule has 238 valence electrons. The molecule has 0 unspecified atom stereocenters. The molecule has 2 amide bonds. The van der Waals surface area contributed by atoms with E-state index >= 15 is 0 Å². The molecule has 0 aliphatic carbocycles. The first kappa shape index (κ1) is 34.0. The summed E-state index contributed by atoms with van der Waals surface area (Å²) in [7, 11) is 1.27. The standard InChI is InChI=1S/C31H31BrFIN4O7/c1-4-43-25-13-20(28-27(30(40)42-3)17(2)36-31(41)37-28)7-10-24(25)44-16-26(39)38-35-14-19-11-22(32)29(23(34)12-19)45-15-18-5-8-21(33)9-6-18/h5-14,26,28,38-39H,4,15-16H2,1-3H3,(H2,36,37,41)/b35-14-/t26-,28-/m1/s1. The van der Waals surface area contributed by atoms with Crippen LogP contribution in [0.15, 0.2) is 75.4 Å². The van der Waals surface area contributed by atoms with E-state index in [1.807, 2.05) is 19.1 Å². The van der Waals surface area contributed by atoms with Gasteiger partial charge in [0.25, 0.3) is 0 Å². The lowest BCUT2D eigenvalue weighted by Crippen LogP contribution is -2.45. The molecule has 0 spiro atoms. The first-order chi connectivity index (χ1) is 21.6. The van der Waals surface area contributed by atoms with E-state index in [-0.39, 0.29) is 24.6 Å². The van der Waals surface area contributed by atoms with Crippen molar-refractivity contribution in [3.05, 3.63) is 96.4 Å². The number of methoxy groups -OCH3 is 1. The van der Waals surface area contributed by atoms with Crippen molar-refractivity contribution in [2.75, 3.05) is 20.3 Å². The van der Waals surface area contributed by atoms with Gasteiger partial charge in [-0.25, -0.2) is 14.0 Å². The SMILES string of the molecule is CCOc1cc([C@H]2NC(=O)NC(C)=C2C(=O)OC)ccc1OC[C@@H](O)N/N=C\c1cc(Br)c(OCc2ccc(F)cc2)c(I)c1. The molecule has 4 rings (SSSR count). The van der Waals surface area contributed by atoms with Gasteiger partial charge in [-0.15, -0.1) is 0 Å². The Bertz CT molecular complexity index is 1580. The van der Waals surface area contributed by atoms with Gasteiger partial charge in [0.15, 0.2) is 17.7 Å². The van der Waals surface area contributed by atoms with Crippen LogP contribution in [0, 0.1) is 9.39 Å². The summed E-state index contributed by atoms with van der Waals surface area (Å²) in [5.41, 5.74) is 5.44. The number of amides is 2. The Morgan fingerprint density at radius 2 is 1.91 bits per heavy atom. The Balaban J connectivity index is 1.37. The number of esters is 1. The molecule has 0 bridgehead atoms. The van der Waals surface area contributed by atoms with Crippen LogP contribution in [-0.4, -0.2) is 49.9 Å². The lowest BCUT2D eigenvalue weighted by Gasteiger charge is -2.28. The van der Waals surface area contributed by atoms with Crippen LogP contribution in [-0.2, 0) is 16.1 Å². The fourth-order valence-corrected chi connectivity index (χ4v) is 6.12. The van der Waals surface area contributed by atoms with Crippen molar-refractivity contribution in [2.24, 2.45) is 5.10 Å². The van der Waals surface area contributed by atoms with Crippen LogP contribution < -0.4 is 30.3 Å². The van der Waals surface area contributed by atoms with Gasteiger partial charge in [-0.05, 0) is 105 Å². The highest BCUT2D eigenvalue weighted by Gasteiger charge is 2.32. The van der Waals surface area contributed by atoms with Crippen LogP contribution in [0.4, 0.5) is 9.18 Å². The number of carbonyl (C=O) groups is 2. The molecule has 3 aromatic rings. The quantitative estimate of drug-likeness (QED) is 0.0602. The minimum absolute atomic E-state index is 0.162. The van der Waals surface area contributed by atoms with E-state index < -0.39 is 24.3 Å². The molecule has 0 saturated carbocycles. The van der Waals surface area contributed by atoms with Crippen molar-refractivity contribution in [2.45, 2.75) is 32.7 Å². The molecular formula is C31H31BrFIN4O7. The zero-order chi connectivity index (χ0) is 32.5. The average Bonchev–Trinajstić information content (AvgIpc) is 3.00. The summed E-state index contributed by atoms with van der Waals surface area (Å²) < 4.78 is 37.1. The van der Waals surface area contributed by atoms with Gasteiger partial charge in [0.1, 0.15) is 24.8 Å². The fourth-order valence-electron chi connectivity index (χ4n) is 4.35. The summed E-state index contributed by atoms with van der Waals surface area (Å²) >= 11 is 5.67. The van der Waals surface area contributed by atoms with Crippen molar-refractivity contribution in [1.82, 2.24) is 16.1 Å². The maximum Gasteiger partial charge on any atom is 0.337 e. The van der Waals surface area contributed by atoms with E-state index in [0.717, 1.165) is 14.7 Å². The second-order valence-electron chi connectivity index (χ2n) is 9.64. The van der Waals surface area contributed by atoms with Gasteiger partial charge in [0, 0.05) is 5.70 Å². The number of allylic oxidation sites excluding steroid dienone is 1. The summed E-state index contributed by atoms with van der Waals surface area (Å²) in [6, 6.07) is 13.6. The molecule has 2 atom stereocenters. The normalized spacial score (nSPS) is 15.3. The van der Waals surface area contributed by atoms with Crippen LogP contribution >= 0.6 is 38.5 Å². The van der Waals surface area contributed by atoms with E-state index in [4.69, 9.17) is 18.9 Å². The first-order valence-electron chi connectivity index (χ1n) is 13.7. The summed E-state index contributed by atoms with van der Waals surface area (Å²) in [6.45, 7) is 3.87. The second-order valence-corrected chi connectivity index (χ2v) is 11.7. The predicted octanol–water partition coefficient (Wildman–Crippen LogP) is 5.29. The van der Waals surface area contributed by atoms with E-state index in [0.29, 0.717) is 39.6 Å². The topological polar surface area (TPSA) is 140 Å². The highest BCUT2D eigenvalue weighted by molar-refractivity contribution is 14.1. The van der Waals surface area contributed by atoms with Crippen molar-refractivity contribution in [3.8, 4) is 17.2 Å². The largest absolute Gasteiger partial charge is 0.490 e. The third kappa shape index (κ3) is 9.08. The zero-order valence-electron chi connectivity index (χ0n) is 24.5. The van der Waals surface area contributed by atoms with Crippen LogP contribution in [0.25, 0.3) is 0 Å². The molecule has 3 aromatic carbocycles. The highest BCUT2D eigenvalue weighted by Crippen LogP contribution is 2.35. The van der Waals surface area contributed by atoms with Crippen LogP contribution in [0.2, 0.25) is 0 Å². The molecule has 0 saturated heterocycles. The van der Waals surface area contributed by atoms with Crippen molar-refractivity contribution in [3.63, 3.8) is 0 Å². The van der Waals surface area contributed by atoms with Gasteiger partial charge in [-0.2, -0.15) is 5.10 Å². The number of halogens is 3. The Morgan fingerprint density at radius 3 is 2.60 bits per heavy atom. The maximum atomic E-state index is 13.2. The monoisotopic (exact) mass is 796 g/mol. The number of nitrogens with zero attached hydrogens (tertiary/aromatic N) is 1. The number of hydrazone groups is 1. The van der Waals surface area contributed by atoms with E-state index in [9.17, 15) is 19.1 Å². The molecule has 14 heteroatoms. The number of rotatable bonds is 13. The smallest absolute Gasteiger partial charge is 0.337 e. The van der Waals surface area contributed by atoms with Gasteiger partial charge in [0.05, 0.1) is 39.6 Å². The van der Waals surface area contributed by atoms with Gasteiger partial charge in [-0.3, -0.25) is 5.43 Å². The Labute approximate surface area is 281 Å². The number of aliphatic hydroxyl groups is 1. The number of aliphatic hydroxyl groups excluding tert-OH is 1. The summed E-state index contributed by atoms with van der Waals surface area (Å²) in [4.78, 5) is 24.6. The minimum Gasteiger partial charge on any atom is -0.490 e. The Morgan fingerprint density at radius 1 is 1.16 bits per heavy atom. The number of carbonyl (C=O) groups excluding carboxylic acids is 2. The van der Waals surface area contributed by atoms with Crippen LogP contribution in [0.3, 0.4) is 0 Å². The van der Waals surface area contributed by atoms with Gasteiger partial charge >= 0.3 is 12.0 Å². The van der Waals surface area contributed by atoms with E-state index in [2.05, 4.69) is 59.7 Å². The van der Waals surface area contributed by atoms with Gasteiger partial charge in [0.2, 0.25) is 0 Å². The second kappa shape index (κ2) is 15.9. The minimum atomic E-state index is -1.16. The number of urea groups is 1. The zero-order valence-corrected chi connectivity index (χ0v) is 28.3. The number of benzene rings is 3. The maximum absolute atomic E-state index is 13.2. The van der Waals surface area contributed by atoms with Crippen molar-refractivity contribution in [1.29, 1.82) is 0 Å². The van der Waals surface area contributed by atoms with Crippen LogP contribution in [0.5, 0.6) is 17.2 Å². The summed E-state index contributed by atoms with van der Waals surface area (Å²) in [5, 5.41) is 19.9. The molecule has 0 fully saturated rings. The average molecular weight is 797 g/mol. The molecule has 11 nitrogen and oxygen atoms in total. The number of hydrogen-bond acceptors (Lipinski definition) is 9. The predicted molar refractivity (Wildman–Crippen MR) is 177 cm³/mol. The molecule has 0 radical (unpaired) electrons. The molecule has 4 N–H and O–H groups in total. The Kier molecular flexibility index (Phi) is 12.0. The van der Waals surface area contributed by atoms with Crippen LogP contribution in [0.1, 0.15) is 36.6 Å².